The molecule has 1 fully saturated rings. The summed E-state index contributed by atoms with van der Waals surface area (Å²) in [5.41, 5.74) is 4.33. The van der Waals surface area contributed by atoms with Crippen LogP contribution in [-0.2, 0) is 11.4 Å². The Morgan fingerprint density at radius 1 is 1.54 bits per heavy atom. The summed E-state index contributed by atoms with van der Waals surface area (Å²) in [5, 5.41) is 20.6. The van der Waals surface area contributed by atoms with Crippen molar-refractivity contribution in [3.05, 3.63) is 52.9 Å². The second-order valence-corrected chi connectivity index (χ2v) is 8.40. The van der Waals surface area contributed by atoms with E-state index >= 15 is 0 Å². The molecule has 0 spiro atoms. The van der Waals surface area contributed by atoms with Crippen LogP contribution in [0.25, 0.3) is 0 Å². The SMILES string of the molecule is C[C@@H](N)C1(O)CN([S+]([O-])c2ccc(Cl)cn2)C[C@@H]1Oc1ccc(C#N)c(F)c1. The van der Waals surface area contributed by atoms with Crippen molar-refractivity contribution >= 4 is 23.0 Å². The highest BCUT2D eigenvalue weighted by Crippen LogP contribution is 2.32. The Morgan fingerprint density at radius 2 is 2.29 bits per heavy atom. The number of benzene rings is 1. The molecule has 1 aromatic carbocycles. The number of hydrogen-bond acceptors (Lipinski definition) is 7. The average molecular weight is 425 g/mol. The van der Waals surface area contributed by atoms with Gasteiger partial charge in [0.05, 0.1) is 29.9 Å². The molecule has 2 unspecified atom stereocenters. The van der Waals surface area contributed by atoms with Crippen LogP contribution in [0.15, 0.2) is 41.6 Å². The number of aliphatic hydroxyl groups is 1. The van der Waals surface area contributed by atoms with Gasteiger partial charge in [-0.25, -0.2) is 9.37 Å². The van der Waals surface area contributed by atoms with Crippen molar-refractivity contribution < 1.29 is 18.8 Å². The minimum absolute atomic E-state index is 0.0228. The third-order valence-corrected chi connectivity index (χ3v) is 6.17. The molecule has 2 heterocycles. The van der Waals surface area contributed by atoms with Crippen molar-refractivity contribution in [2.45, 2.75) is 29.7 Å². The van der Waals surface area contributed by atoms with Crippen LogP contribution in [-0.4, -0.2) is 49.8 Å². The van der Waals surface area contributed by atoms with E-state index in [9.17, 15) is 14.0 Å². The molecule has 4 atom stereocenters. The lowest BCUT2D eigenvalue weighted by molar-refractivity contribution is -0.0425. The monoisotopic (exact) mass is 424 g/mol. The second kappa shape index (κ2) is 8.21. The number of halogens is 2. The number of ether oxygens (including phenoxy) is 1. The number of pyridine rings is 1. The van der Waals surface area contributed by atoms with Crippen LogP contribution in [0.4, 0.5) is 4.39 Å². The fourth-order valence-corrected chi connectivity index (χ4v) is 4.22. The van der Waals surface area contributed by atoms with Gasteiger partial charge in [-0.2, -0.15) is 5.26 Å². The van der Waals surface area contributed by atoms with E-state index in [-0.39, 0.29) is 29.4 Å². The largest absolute Gasteiger partial charge is 0.592 e. The van der Waals surface area contributed by atoms with Crippen molar-refractivity contribution in [2.24, 2.45) is 5.73 Å². The summed E-state index contributed by atoms with van der Waals surface area (Å²) >= 11 is 4.14. The fraction of sp³-hybridized carbons (Fsp3) is 0.333. The lowest BCUT2D eigenvalue weighted by Crippen LogP contribution is -2.56. The van der Waals surface area contributed by atoms with Crippen molar-refractivity contribution in [3.63, 3.8) is 0 Å². The number of nitriles is 1. The molecule has 0 amide bonds. The highest BCUT2D eigenvalue weighted by molar-refractivity contribution is 7.89. The molecule has 3 rings (SSSR count). The predicted octanol–water partition coefficient (Wildman–Crippen LogP) is 1.61. The van der Waals surface area contributed by atoms with Crippen molar-refractivity contribution in [1.82, 2.24) is 9.29 Å². The van der Waals surface area contributed by atoms with E-state index < -0.39 is 34.9 Å². The molecule has 1 aromatic heterocycles. The second-order valence-electron chi connectivity index (χ2n) is 6.53. The van der Waals surface area contributed by atoms with Crippen LogP contribution < -0.4 is 10.5 Å². The van der Waals surface area contributed by atoms with E-state index in [0.29, 0.717) is 5.02 Å². The molecule has 1 aliphatic heterocycles. The Hall–Kier alpha value is -1.93. The van der Waals surface area contributed by atoms with Gasteiger partial charge in [0.25, 0.3) is 5.03 Å². The maximum absolute atomic E-state index is 13.9. The van der Waals surface area contributed by atoms with Gasteiger partial charge in [0.15, 0.2) is 0 Å². The highest BCUT2D eigenvalue weighted by atomic mass is 35.5. The molecule has 7 nitrogen and oxygen atoms in total. The number of rotatable bonds is 5. The molecule has 3 N–H and O–H groups in total. The average Bonchev–Trinajstić information content (AvgIpc) is 3.00. The standard InChI is InChI=1S/C18H18ClFN4O3S/c1-11(22)18(25)10-24(28(26)17-5-3-13(19)8-23-17)9-16(18)27-14-4-2-12(7-21)15(20)6-14/h2-6,8,11,16,25H,9-10,22H2,1H3/t11-,16+,18?,28?/m1/s1. The Labute approximate surface area is 169 Å². The molecule has 28 heavy (non-hydrogen) atoms. The Balaban J connectivity index is 1.82. The van der Waals surface area contributed by atoms with Gasteiger partial charge in [-0.1, -0.05) is 11.6 Å². The van der Waals surface area contributed by atoms with Crippen LogP contribution in [0.2, 0.25) is 5.02 Å². The smallest absolute Gasteiger partial charge is 0.265 e. The molecule has 0 radical (unpaired) electrons. The van der Waals surface area contributed by atoms with Gasteiger partial charge in [-0.3, -0.25) is 0 Å². The Morgan fingerprint density at radius 3 is 2.86 bits per heavy atom. The summed E-state index contributed by atoms with van der Waals surface area (Å²) in [5.74, 6) is -0.592. The number of nitrogens with two attached hydrogens (primary N) is 1. The van der Waals surface area contributed by atoms with Crippen LogP contribution in [0.5, 0.6) is 5.75 Å². The van der Waals surface area contributed by atoms with Gasteiger partial charge >= 0.3 is 0 Å². The third-order valence-electron chi connectivity index (χ3n) is 4.60. The first-order valence-corrected chi connectivity index (χ1v) is 9.85. The number of β-amino-alcohol motifs (C(OH)–C–C–N with tert-alkyl or cyclic N) is 1. The van der Waals surface area contributed by atoms with E-state index in [1.165, 1.54) is 28.7 Å². The molecule has 2 aromatic rings. The Bertz CT molecular complexity index is 895. The van der Waals surface area contributed by atoms with Gasteiger partial charge in [-0.15, -0.1) is 4.31 Å². The van der Waals surface area contributed by atoms with Crippen LogP contribution in [0.3, 0.4) is 0 Å². The van der Waals surface area contributed by atoms with Crippen molar-refractivity contribution in [1.29, 1.82) is 5.26 Å². The molecular formula is C18H18ClFN4O3S. The number of aromatic nitrogens is 1. The summed E-state index contributed by atoms with van der Waals surface area (Å²) in [4.78, 5) is 4.05. The fourth-order valence-electron chi connectivity index (χ4n) is 2.92. The molecule has 0 bridgehead atoms. The highest BCUT2D eigenvalue weighted by Gasteiger charge is 2.54. The van der Waals surface area contributed by atoms with Crippen molar-refractivity contribution in [2.75, 3.05) is 13.1 Å². The molecule has 10 heteroatoms. The number of nitrogens with zero attached hydrogens (tertiary/aromatic N) is 3. The lowest BCUT2D eigenvalue weighted by Gasteiger charge is -2.32. The molecule has 0 saturated carbocycles. The Kier molecular flexibility index (Phi) is 6.09. The van der Waals surface area contributed by atoms with Gasteiger partial charge in [0.2, 0.25) is 0 Å². The number of hydrogen-bond donors (Lipinski definition) is 2. The van der Waals surface area contributed by atoms with E-state index in [1.54, 1.807) is 19.1 Å². The summed E-state index contributed by atoms with van der Waals surface area (Å²) < 4.78 is 34.0. The first-order chi connectivity index (χ1) is 13.2. The third kappa shape index (κ3) is 4.07. The molecule has 0 aliphatic carbocycles. The van der Waals surface area contributed by atoms with Crippen LogP contribution >= 0.6 is 11.6 Å². The van der Waals surface area contributed by atoms with E-state index in [4.69, 9.17) is 27.3 Å². The summed E-state index contributed by atoms with van der Waals surface area (Å²) in [6.07, 6.45) is 0.520. The maximum atomic E-state index is 13.9. The van der Waals surface area contributed by atoms with E-state index in [0.717, 1.165) is 6.07 Å². The normalized spacial score (nSPS) is 24.5. The lowest BCUT2D eigenvalue weighted by atomic mass is 9.92. The summed E-state index contributed by atoms with van der Waals surface area (Å²) in [7, 11) is 0. The zero-order valence-electron chi connectivity index (χ0n) is 14.9. The molecule has 1 aliphatic rings. The van der Waals surface area contributed by atoms with Crippen molar-refractivity contribution in [3.8, 4) is 11.8 Å². The minimum atomic E-state index is -1.67. The van der Waals surface area contributed by atoms with Gasteiger partial charge in [0, 0.05) is 18.2 Å². The first-order valence-electron chi connectivity index (χ1n) is 8.37. The topological polar surface area (TPSA) is 118 Å². The molecule has 148 valence electrons. The van der Waals surface area contributed by atoms with Crippen LogP contribution in [0, 0.1) is 17.1 Å². The van der Waals surface area contributed by atoms with E-state index in [1.807, 2.05) is 0 Å². The molecule has 1 saturated heterocycles. The summed E-state index contributed by atoms with van der Waals surface area (Å²) in [6, 6.07) is 7.92. The quantitative estimate of drug-likeness (QED) is 0.700. The maximum Gasteiger partial charge on any atom is 0.265 e. The molecular weight excluding hydrogens is 407 g/mol. The van der Waals surface area contributed by atoms with Crippen LogP contribution in [0.1, 0.15) is 12.5 Å². The van der Waals surface area contributed by atoms with Gasteiger partial charge in [0.1, 0.15) is 40.7 Å². The minimum Gasteiger partial charge on any atom is -0.592 e. The zero-order valence-corrected chi connectivity index (χ0v) is 16.5. The van der Waals surface area contributed by atoms with Gasteiger partial charge in [-0.05, 0) is 25.1 Å². The summed E-state index contributed by atoms with van der Waals surface area (Å²) in [6.45, 7) is 1.67. The predicted molar refractivity (Wildman–Crippen MR) is 101 cm³/mol. The first kappa shape index (κ1) is 20.8. The zero-order chi connectivity index (χ0) is 20.5. The van der Waals surface area contributed by atoms with E-state index in [2.05, 4.69) is 4.98 Å². The van der Waals surface area contributed by atoms with Gasteiger partial charge < -0.3 is 20.1 Å².